The van der Waals surface area contributed by atoms with Crippen LogP contribution >= 0.6 is 0 Å². The number of aliphatic hydroxyl groups is 1. The highest BCUT2D eigenvalue weighted by Gasteiger charge is 2.23. The van der Waals surface area contributed by atoms with Crippen LogP contribution in [0, 0.1) is 0 Å². The van der Waals surface area contributed by atoms with Gasteiger partial charge in [0.1, 0.15) is 5.75 Å². The Hall–Kier alpha value is -1.10. The number of hydrogen-bond donors (Lipinski definition) is 1. The van der Waals surface area contributed by atoms with Crippen molar-refractivity contribution in [1.29, 1.82) is 0 Å². The summed E-state index contributed by atoms with van der Waals surface area (Å²) in [6.07, 6.45) is 0.839. The molecule has 0 amide bonds. The van der Waals surface area contributed by atoms with Gasteiger partial charge >= 0.3 is 0 Å². The molecule has 0 aromatic heterocycles. The van der Waals surface area contributed by atoms with E-state index >= 15 is 0 Å². The number of aliphatic hydroxyl groups excluding tert-OH is 1. The Morgan fingerprint density at radius 1 is 1.29 bits per heavy atom. The Morgan fingerprint density at radius 2 is 2.00 bits per heavy atom. The first-order chi connectivity index (χ1) is 10.1. The van der Waals surface area contributed by atoms with Crippen molar-refractivity contribution in [3.63, 3.8) is 0 Å². The minimum absolute atomic E-state index is 0.238. The molecule has 2 atom stereocenters. The minimum Gasteiger partial charge on any atom is -0.497 e. The monoisotopic (exact) mass is 292 g/mol. The van der Waals surface area contributed by atoms with Crippen LogP contribution in [-0.4, -0.2) is 66.9 Å². The molecule has 118 valence electrons. The van der Waals surface area contributed by atoms with Crippen LogP contribution in [0.4, 0.5) is 0 Å². The average Bonchev–Trinajstić information content (AvgIpc) is 2.48. The summed E-state index contributed by atoms with van der Waals surface area (Å²) >= 11 is 0. The number of nitrogens with zero attached hydrogens (tertiary/aromatic N) is 2. The van der Waals surface area contributed by atoms with E-state index in [9.17, 15) is 5.11 Å². The second kappa shape index (κ2) is 7.78. The Kier molecular flexibility index (Phi) is 6.03. The Balaban J connectivity index is 1.77. The number of piperazine rings is 1. The molecule has 1 aromatic rings. The molecule has 0 saturated carbocycles. The Bertz CT molecular complexity index is 419. The van der Waals surface area contributed by atoms with Crippen molar-refractivity contribution in [3.05, 3.63) is 29.8 Å². The molecule has 0 aliphatic carbocycles. The van der Waals surface area contributed by atoms with Gasteiger partial charge in [0.25, 0.3) is 0 Å². The summed E-state index contributed by atoms with van der Waals surface area (Å²) in [6, 6.07) is 8.86. The van der Waals surface area contributed by atoms with Gasteiger partial charge in [-0.2, -0.15) is 0 Å². The van der Waals surface area contributed by atoms with E-state index in [1.54, 1.807) is 7.11 Å². The van der Waals surface area contributed by atoms with Crippen LogP contribution in [0.2, 0.25) is 0 Å². The fourth-order valence-electron chi connectivity index (χ4n) is 2.96. The third kappa shape index (κ3) is 4.99. The topological polar surface area (TPSA) is 35.9 Å². The molecular weight excluding hydrogens is 264 g/mol. The molecule has 0 radical (unpaired) electrons. The summed E-state index contributed by atoms with van der Waals surface area (Å²) in [4.78, 5) is 4.90. The van der Waals surface area contributed by atoms with Crippen molar-refractivity contribution in [2.75, 3.05) is 39.8 Å². The summed E-state index contributed by atoms with van der Waals surface area (Å²) in [5.74, 6) is 0.916. The van der Waals surface area contributed by atoms with Crippen LogP contribution < -0.4 is 4.74 Å². The van der Waals surface area contributed by atoms with E-state index in [1.807, 2.05) is 19.1 Å². The predicted molar refractivity (Wildman–Crippen MR) is 85.9 cm³/mol. The highest BCUT2D eigenvalue weighted by atomic mass is 16.5. The van der Waals surface area contributed by atoms with Gasteiger partial charge in [-0.15, -0.1) is 0 Å². The van der Waals surface area contributed by atoms with E-state index < -0.39 is 0 Å². The zero-order valence-electron chi connectivity index (χ0n) is 13.5. The van der Waals surface area contributed by atoms with E-state index in [0.717, 1.165) is 44.9 Å². The molecule has 1 fully saturated rings. The Morgan fingerprint density at radius 3 is 2.57 bits per heavy atom. The van der Waals surface area contributed by atoms with Crippen molar-refractivity contribution in [2.24, 2.45) is 0 Å². The first-order valence-corrected chi connectivity index (χ1v) is 7.86. The van der Waals surface area contributed by atoms with Gasteiger partial charge in [0.05, 0.1) is 13.2 Å². The van der Waals surface area contributed by atoms with Crippen molar-refractivity contribution in [1.82, 2.24) is 9.80 Å². The second-order valence-corrected chi connectivity index (χ2v) is 6.09. The molecule has 4 nitrogen and oxygen atoms in total. The van der Waals surface area contributed by atoms with Gasteiger partial charge < -0.3 is 14.7 Å². The lowest BCUT2D eigenvalue weighted by atomic mass is 10.1. The molecule has 0 spiro atoms. The molecule has 4 heteroatoms. The molecule has 1 aliphatic heterocycles. The lowest BCUT2D eigenvalue weighted by molar-refractivity contribution is 0.0456. The van der Waals surface area contributed by atoms with E-state index in [-0.39, 0.29) is 6.10 Å². The summed E-state index contributed by atoms with van der Waals surface area (Å²) in [7, 11) is 1.70. The first kappa shape index (κ1) is 16.3. The molecular formula is C17H28N2O2. The SMILES string of the molecule is COc1ccc(CCN2CCN(C[C@H](C)O)[C@@H](C)C2)cc1. The maximum absolute atomic E-state index is 9.52. The van der Waals surface area contributed by atoms with Crippen LogP contribution in [0.1, 0.15) is 19.4 Å². The smallest absolute Gasteiger partial charge is 0.118 e. The van der Waals surface area contributed by atoms with Crippen molar-refractivity contribution in [3.8, 4) is 5.75 Å². The zero-order chi connectivity index (χ0) is 15.2. The van der Waals surface area contributed by atoms with Gasteiger partial charge in [-0.05, 0) is 38.0 Å². The van der Waals surface area contributed by atoms with E-state index in [0.29, 0.717) is 6.04 Å². The van der Waals surface area contributed by atoms with E-state index in [1.165, 1.54) is 5.56 Å². The standard InChI is InChI=1S/C17H28N2O2/c1-14-12-18(10-11-19(14)13-15(2)20)9-8-16-4-6-17(21-3)7-5-16/h4-7,14-15,20H,8-13H2,1-3H3/t14-,15-/m0/s1. The number of β-amino-alcohol motifs (C(OH)–C–C–N with tert-alkyl or cyclic N) is 1. The highest BCUT2D eigenvalue weighted by molar-refractivity contribution is 5.27. The molecule has 21 heavy (non-hydrogen) atoms. The van der Waals surface area contributed by atoms with Gasteiger partial charge in [0.2, 0.25) is 0 Å². The summed E-state index contributed by atoms with van der Waals surface area (Å²) in [5.41, 5.74) is 1.36. The molecule has 2 rings (SSSR count). The Labute approximate surface area is 128 Å². The van der Waals surface area contributed by atoms with Crippen LogP contribution in [-0.2, 0) is 6.42 Å². The van der Waals surface area contributed by atoms with Crippen LogP contribution in [0.5, 0.6) is 5.75 Å². The van der Waals surface area contributed by atoms with Gasteiger partial charge in [0, 0.05) is 38.8 Å². The third-order valence-electron chi connectivity index (χ3n) is 4.22. The minimum atomic E-state index is -0.238. The zero-order valence-corrected chi connectivity index (χ0v) is 13.5. The summed E-state index contributed by atoms with van der Waals surface area (Å²) in [5, 5.41) is 9.52. The van der Waals surface area contributed by atoms with Gasteiger partial charge in [0.15, 0.2) is 0 Å². The van der Waals surface area contributed by atoms with Crippen LogP contribution in [0.25, 0.3) is 0 Å². The van der Waals surface area contributed by atoms with Crippen LogP contribution in [0.3, 0.4) is 0 Å². The summed E-state index contributed by atoms with van der Waals surface area (Å²) in [6.45, 7) is 9.22. The van der Waals surface area contributed by atoms with Crippen molar-refractivity contribution in [2.45, 2.75) is 32.4 Å². The van der Waals surface area contributed by atoms with Gasteiger partial charge in [-0.25, -0.2) is 0 Å². The maximum atomic E-state index is 9.52. The quantitative estimate of drug-likeness (QED) is 0.864. The molecule has 1 aromatic carbocycles. The first-order valence-electron chi connectivity index (χ1n) is 7.86. The maximum Gasteiger partial charge on any atom is 0.118 e. The van der Waals surface area contributed by atoms with Crippen molar-refractivity contribution < 1.29 is 9.84 Å². The number of benzene rings is 1. The lowest BCUT2D eigenvalue weighted by Gasteiger charge is -2.40. The molecule has 0 unspecified atom stereocenters. The average molecular weight is 292 g/mol. The molecule has 1 N–H and O–H groups in total. The highest BCUT2D eigenvalue weighted by Crippen LogP contribution is 2.14. The van der Waals surface area contributed by atoms with E-state index in [2.05, 4.69) is 28.9 Å². The molecule has 0 bridgehead atoms. The normalized spacial score (nSPS) is 22.2. The molecule has 1 aliphatic rings. The largest absolute Gasteiger partial charge is 0.497 e. The number of rotatable bonds is 6. The second-order valence-electron chi connectivity index (χ2n) is 6.09. The third-order valence-corrected chi connectivity index (χ3v) is 4.22. The molecule has 1 heterocycles. The predicted octanol–water partition coefficient (Wildman–Crippen LogP) is 1.62. The molecule has 1 saturated heterocycles. The summed E-state index contributed by atoms with van der Waals surface area (Å²) < 4.78 is 5.18. The van der Waals surface area contributed by atoms with Gasteiger partial charge in [-0.3, -0.25) is 4.90 Å². The number of methoxy groups -OCH3 is 1. The van der Waals surface area contributed by atoms with Gasteiger partial charge in [-0.1, -0.05) is 12.1 Å². The number of ether oxygens (including phenoxy) is 1. The fraction of sp³-hybridized carbons (Fsp3) is 0.647. The lowest BCUT2D eigenvalue weighted by Crippen LogP contribution is -2.53. The van der Waals surface area contributed by atoms with E-state index in [4.69, 9.17) is 4.74 Å². The van der Waals surface area contributed by atoms with Crippen molar-refractivity contribution >= 4 is 0 Å². The fourth-order valence-corrected chi connectivity index (χ4v) is 2.96. The number of hydrogen-bond acceptors (Lipinski definition) is 4. The van der Waals surface area contributed by atoms with Crippen LogP contribution in [0.15, 0.2) is 24.3 Å².